The van der Waals surface area contributed by atoms with Crippen molar-refractivity contribution in [3.8, 4) is 5.75 Å². The average Bonchev–Trinajstić information content (AvgIpc) is 2.65. The minimum atomic E-state index is 0.112. The summed E-state index contributed by atoms with van der Waals surface area (Å²) in [6, 6.07) is 8.39. The summed E-state index contributed by atoms with van der Waals surface area (Å²) in [5.74, 6) is 1.07. The van der Waals surface area contributed by atoms with E-state index < -0.39 is 0 Å². The van der Waals surface area contributed by atoms with Gasteiger partial charge in [-0.3, -0.25) is 19.7 Å². The van der Waals surface area contributed by atoms with E-state index in [1.807, 2.05) is 6.07 Å². The molecule has 1 saturated heterocycles. The Hall–Kier alpha value is -2.27. The number of ether oxygens (including phenoxy) is 1. The van der Waals surface area contributed by atoms with Crippen LogP contribution in [0.1, 0.15) is 44.9 Å². The number of hydrogen-bond donors (Lipinski definition) is 0. The number of Topliss-reactive ketones (excluding diaryl/α,β-unsaturated/α-hetero) is 1. The fourth-order valence-electron chi connectivity index (χ4n) is 3.42. The predicted octanol–water partition coefficient (Wildman–Crippen LogP) is 3.93. The molecule has 0 spiro atoms. The highest BCUT2D eigenvalue weighted by Crippen LogP contribution is 2.37. The van der Waals surface area contributed by atoms with Crippen LogP contribution in [0.5, 0.6) is 5.75 Å². The number of likely N-dealkylation sites (tertiary alicyclic amines) is 1. The summed E-state index contributed by atoms with van der Waals surface area (Å²) in [5, 5.41) is 0. The van der Waals surface area contributed by atoms with Crippen molar-refractivity contribution in [2.24, 2.45) is 5.41 Å². The molecule has 146 valence electrons. The van der Waals surface area contributed by atoms with E-state index in [-0.39, 0.29) is 5.78 Å². The molecule has 0 atom stereocenters. The maximum atomic E-state index is 10.5. The second kappa shape index (κ2) is 10.2. The zero-order valence-corrected chi connectivity index (χ0v) is 16.9. The zero-order valence-electron chi connectivity index (χ0n) is 16.9. The van der Waals surface area contributed by atoms with E-state index in [0.29, 0.717) is 11.8 Å². The van der Waals surface area contributed by atoms with Gasteiger partial charge < -0.3 is 4.74 Å². The quantitative estimate of drug-likeness (QED) is 0.740. The first kappa shape index (κ1) is 21.0. The Bertz CT molecular complexity index is 707. The van der Waals surface area contributed by atoms with Crippen LogP contribution in [0.15, 0.2) is 42.9 Å². The molecule has 0 N–H and O–H groups in total. The first-order chi connectivity index (χ1) is 13.0. The lowest BCUT2D eigenvalue weighted by Crippen LogP contribution is -2.54. The smallest absolute Gasteiger partial charge is 0.135 e. The Balaban J connectivity index is 0.000000223. The molecular weight excluding hydrogens is 338 g/mol. The fraction of sp³-hybridized carbons (Fsp3) is 0.500. The topological polar surface area (TPSA) is 55.3 Å². The number of ketones is 1. The van der Waals surface area contributed by atoms with E-state index in [0.717, 1.165) is 18.0 Å². The summed E-state index contributed by atoms with van der Waals surface area (Å²) in [5.41, 5.74) is 2.68. The van der Waals surface area contributed by atoms with Crippen molar-refractivity contribution in [3.63, 3.8) is 0 Å². The lowest BCUT2D eigenvalue weighted by molar-refractivity contribution is -0.116. The van der Waals surface area contributed by atoms with Gasteiger partial charge in [-0.2, -0.15) is 0 Å². The molecule has 3 rings (SSSR count). The summed E-state index contributed by atoms with van der Waals surface area (Å²) in [6.45, 7) is 9.71. The third-order valence-corrected chi connectivity index (χ3v) is 5.21. The molecule has 0 amide bonds. The molecule has 1 aromatic heterocycles. The third kappa shape index (κ3) is 6.43. The van der Waals surface area contributed by atoms with Gasteiger partial charge in [0.05, 0.1) is 12.8 Å². The molecule has 1 fully saturated rings. The SMILES string of the molecule is CC(=O)Cc1cnccn1.CCC1(CC)CN(Cc2cccc(OC)c2)C1. The Morgan fingerprint density at radius 3 is 2.52 bits per heavy atom. The standard InChI is InChI=1S/C15H23NO.C7H8N2O/c1-4-15(5-2)11-16(12-15)10-13-7-6-8-14(9-13)17-3;1-6(10)4-7-5-8-2-3-9-7/h6-9H,4-5,10-12H2,1-3H3;2-3,5H,4H2,1H3. The fourth-order valence-corrected chi connectivity index (χ4v) is 3.42. The Labute approximate surface area is 162 Å². The average molecular weight is 370 g/mol. The summed E-state index contributed by atoms with van der Waals surface area (Å²) >= 11 is 0. The highest BCUT2D eigenvalue weighted by Gasteiger charge is 2.39. The van der Waals surface area contributed by atoms with Gasteiger partial charge in [0.25, 0.3) is 0 Å². The van der Waals surface area contributed by atoms with Crippen LogP contribution in [-0.2, 0) is 17.8 Å². The number of rotatable bonds is 7. The first-order valence-electron chi connectivity index (χ1n) is 9.60. The molecule has 0 bridgehead atoms. The van der Waals surface area contributed by atoms with Crippen molar-refractivity contribution >= 4 is 5.78 Å². The molecule has 1 aliphatic rings. The molecular formula is C22H31N3O2. The van der Waals surface area contributed by atoms with Crippen LogP contribution in [0.4, 0.5) is 0 Å². The van der Waals surface area contributed by atoms with Crippen LogP contribution in [0.3, 0.4) is 0 Å². The molecule has 0 radical (unpaired) electrons. The Morgan fingerprint density at radius 2 is 1.96 bits per heavy atom. The van der Waals surface area contributed by atoms with E-state index in [4.69, 9.17) is 4.74 Å². The second-order valence-corrected chi connectivity index (χ2v) is 7.28. The molecule has 5 heteroatoms. The maximum absolute atomic E-state index is 10.5. The van der Waals surface area contributed by atoms with Crippen molar-refractivity contribution in [1.29, 1.82) is 0 Å². The van der Waals surface area contributed by atoms with Crippen molar-refractivity contribution in [3.05, 3.63) is 54.1 Å². The highest BCUT2D eigenvalue weighted by atomic mass is 16.5. The lowest BCUT2D eigenvalue weighted by atomic mass is 9.75. The molecule has 2 aromatic rings. The number of nitrogens with zero attached hydrogens (tertiary/aromatic N) is 3. The third-order valence-electron chi connectivity index (χ3n) is 5.21. The number of carbonyl (C=O) groups excluding carboxylic acids is 1. The van der Waals surface area contributed by atoms with Crippen LogP contribution in [0, 0.1) is 5.41 Å². The van der Waals surface area contributed by atoms with E-state index in [9.17, 15) is 4.79 Å². The van der Waals surface area contributed by atoms with Gasteiger partial charge in [-0.15, -0.1) is 0 Å². The molecule has 5 nitrogen and oxygen atoms in total. The molecule has 2 heterocycles. The van der Waals surface area contributed by atoms with E-state index >= 15 is 0 Å². The van der Waals surface area contributed by atoms with Crippen LogP contribution in [0.2, 0.25) is 0 Å². The molecule has 27 heavy (non-hydrogen) atoms. The van der Waals surface area contributed by atoms with Crippen LogP contribution < -0.4 is 4.74 Å². The van der Waals surface area contributed by atoms with Crippen LogP contribution in [-0.4, -0.2) is 40.9 Å². The maximum Gasteiger partial charge on any atom is 0.135 e. The van der Waals surface area contributed by atoms with Crippen molar-refractivity contribution in [1.82, 2.24) is 14.9 Å². The van der Waals surface area contributed by atoms with Crippen molar-refractivity contribution in [2.75, 3.05) is 20.2 Å². The molecule has 0 aliphatic carbocycles. The number of benzene rings is 1. The Morgan fingerprint density at radius 1 is 1.22 bits per heavy atom. The van der Waals surface area contributed by atoms with Gasteiger partial charge in [0.2, 0.25) is 0 Å². The van der Waals surface area contributed by atoms with Gasteiger partial charge in [-0.05, 0) is 42.9 Å². The summed E-state index contributed by atoms with van der Waals surface area (Å²) in [4.78, 5) is 20.8. The number of methoxy groups -OCH3 is 1. The lowest BCUT2D eigenvalue weighted by Gasteiger charge is -2.50. The molecule has 1 aliphatic heterocycles. The summed E-state index contributed by atoms with van der Waals surface area (Å²) in [6.07, 6.45) is 7.76. The van der Waals surface area contributed by atoms with Gasteiger partial charge in [-0.1, -0.05) is 26.0 Å². The first-order valence-corrected chi connectivity index (χ1v) is 9.60. The summed E-state index contributed by atoms with van der Waals surface area (Å²) < 4.78 is 5.25. The zero-order chi connectivity index (χ0) is 19.7. The van der Waals surface area contributed by atoms with E-state index in [1.165, 1.54) is 38.4 Å². The molecule has 0 saturated carbocycles. The van der Waals surface area contributed by atoms with Crippen LogP contribution in [0.25, 0.3) is 0 Å². The predicted molar refractivity (Wildman–Crippen MR) is 108 cm³/mol. The second-order valence-electron chi connectivity index (χ2n) is 7.28. The normalized spacial score (nSPS) is 15.3. The van der Waals surface area contributed by atoms with Gasteiger partial charge in [0, 0.05) is 44.6 Å². The van der Waals surface area contributed by atoms with Gasteiger partial charge in [0.15, 0.2) is 0 Å². The minimum absolute atomic E-state index is 0.112. The van der Waals surface area contributed by atoms with Crippen molar-refractivity contribution in [2.45, 2.75) is 46.6 Å². The minimum Gasteiger partial charge on any atom is -0.497 e. The highest BCUT2D eigenvalue weighted by molar-refractivity contribution is 5.77. The Kier molecular flexibility index (Phi) is 7.92. The molecule has 0 unspecified atom stereocenters. The molecule has 1 aromatic carbocycles. The largest absolute Gasteiger partial charge is 0.497 e. The van der Waals surface area contributed by atoms with Gasteiger partial charge in [0.1, 0.15) is 11.5 Å². The van der Waals surface area contributed by atoms with Crippen LogP contribution >= 0.6 is 0 Å². The van der Waals surface area contributed by atoms with E-state index in [1.54, 1.807) is 25.7 Å². The number of aromatic nitrogens is 2. The number of hydrogen-bond acceptors (Lipinski definition) is 5. The number of carbonyl (C=O) groups is 1. The van der Waals surface area contributed by atoms with E-state index in [2.05, 4.69) is 46.9 Å². The van der Waals surface area contributed by atoms with Gasteiger partial charge in [-0.25, -0.2) is 0 Å². The summed E-state index contributed by atoms with van der Waals surface area (Å²) in [7, 11) is 1.72. The van der Waals surface area contributed by atoms with Crippen molar-refractivity contribution < 1.29 is 9.53 Å². The monoisotopic (exact) mass is 369 g/mol. The van der Waals surface area contributed by atoms with Gasteiger partial charge >= 0.3 is 0 Å².